The number of nitrogens with one attached hydrogen (secondary N) is 2. The molecule has 2 fully saturated rings. The molecule has 11 nitrogen and oxygen atoms in total. The van der Waals surface area contributed by atoms with E-state index in [0.717, 1.165) is 57.9 Å². The van der Waals surface area contributed by atoms with E-state index in [-0.39, 0.29) is 15.7 Å². The second kappa shape index (κ2) is 12.9. The van der Waals surface area contributed by atoms with Crippen molar-refractivity contribution >= 4 is 38.8 Å². The van der Waals surface area contributed by atoms with Crippen molar-refractivity contribution in [1.29, 1.82) is 0 Å². The minimum absolute atomic E-state index is 0.127. The van der Waals surface area contributed by atoms with Gasteiger partial charge in [-0.2, -0.15) is 4.98 Å². The monoisotopic (exact) mass is 601 g/mol. The van der Waals surface area contributed by atoms with Gasteiger partial charge >= 0.3 is 0 Å². The zero-order valence-electron chi connectivity index (χ0n) is 24.0. The maximum atomic E-state index is 13.3. The fourth-order valence-corrected chi connectivity index (χ4v) is 7.04. The van der Waals surface area contributed by atoms with E-state index in [1.54, 1.807) is 61.7 Å². The van der Waals surface area contributed by atoms with Crippen LogP contribution < -0.4 is 20.3 Å². The van der Waals surface area contributed by atoms with Crippen LogP contribution in [0.5, 0.6) is 5.75 Å². The Hall–Kier alpha value is -4.26. The van der Waals surface area contributed by atoms with Gasteiger partial charge in [-0.05, 0) is 49.2 Å². The van der Waals surface area contributed by atoms with Crippen molar-refractivity contribution in [1.82, 2.24) is 19.9 Å². The molecule has 0 saturated carbocycles. The number of anilines is 5. The van der Waals surface area contributed by atoms with Gasteiger partial charge in [-0.1, -0.05) is 30.3 Å². The van der Waals surface area contributed by atoms with E-state index < -0.39 is 9.84 Å². The number of morpholine rings is 1. The maximum absolute atomic E-state index is 13.3. The van der Waals surface area contributed by atoms with Gasteiger partial charge in [0.05, 0.1) is 41.5 Å². The molecule has 0 aliphatic carbocycles. The number of aromatic nitrogens is 3. The van der Waals surface area contributed by atoms with Crippen LogP contribution >= 0.6 is 0 Å². The Morgan fingerprint density at radius 2 is 1.51 bits per heavy atom. The molecule has 224 valence electrons. The molecule has 0 amide bonds. The number of hydrogen-bond donors (Lipinski definition) is 2. The molecule has 2 saturated heterocycles. The molecule has 0 atom stereocenters. The van der Waals surface area contributed by atoms with Gasteiger partial charge in [0.25, 0.3) is 0 Å². The number of methoxy groups -OCH3 is 1. The largest absolute Gasteiger partial charge is 0.494 e. The molecular weight excluding hydrogens is 566 g/mol. The highest BCUT2D eigenvalue weighted by Gasteiger charge is 2.26. The smallest absolute Gasteiger partial charge is 0.232 e. The molecular formula is C31H35N7O4S. The first kappa shape index (κ1) is 28.8. The molecule has 0 bridgehead atoms. The zero-order chi connectivity index (χ0) is 29.6. The summed E-state index contributed by atoms with van der Waals surface area (Å²) in [4.78, 5) is 18.3. The number of benzene rings is 3. The minimum Gasteiger partial charge on any atom is -0.494 e. The molecule has 43 heavy (non-hydrogen) atoms. The van der Waals surface area contributed by atoms with Crippen LogP contribution in [0.3, 0.4) is 0 Å². The van der Waals surface area contributed by atoms with Gasteiger partial charge in [-0.3, -0.25) is 4.90 Å². The van der Waals surface area contributed by atoms with Crippen molar-refractivity contribution in [3.63, 3.8) is 0 Å². The van der Waals surface area contributed by atoms with Gasteiger partial charge in [0, 0.05) is 44.0 Å². The Morgan fingerprint density at radius 1 is 0.837 bits per heavy atom. The number of hydrogen-bond acceptors (Lipinski definition) is 11. The fourth-order valence-electron chi connectivity index (χ4n) is 5.60. The standard InChI is InChI=1S/C31H35N7O4S/c1-41-28-21-24(37-15-13-23(14-16-37)38-17-19-42-20-18-38)11-12-26(28)34-30-32-22-33-31(36-30)35-27-9-5-6-10-29(27)43(39,40)25-7-3-2-4-8-25/h2-12,21-23H,13-20H2,1H3,(H2,32,33,34,35,36). The topological polar surface area (TPSA) is 122 Å². The predicted molar refractivity (Wildman–Crippen MR) is 165 cm³/mol. The van der Waals surface area contributed by atoms with Crippen LogP contribution in [0, 0.1) is 0 Å². The Morgan fingerprint density at radius 3 is 2.23 bits per heavy atom. The van der Waals surface area contributed by atoms with Crippen molar-refractivity contribution < 1.29 is 17.9 Å². The van der Waals surface area contributed by atoms with Crippen LogP contribution in [-0.4, -0.2) is 80.8 Å². The number of piperidine rings is 1. The molecule has 3 aromatic carbocycles. The lowest BCUT2D eigenvalue weighted by Gasteiger charge is -2.40. The first-order chi connectivity index (χ1) is 21.0. The van der Waals surface area contributed by atoms with E-state index in [0.29, 0.717) is 29.1 Å². The van der Waals surface area contributed by atoms with Crippen molar-refractivity contribution in [2.75, 3.05) is 62.0 Å². The fraction of sp³-hybridized carbons (Fsp3) is 0.323. The predicted octanol–water partition coefficient (Wildman–Crippen LogP) is 4.50. The summed E-state index contributed by atoms with van der Waals surface area (Å²) < 4.78 is 37.9. The van der Waals surface area contributed by atoms with Gasteiger partial charge in [0.2, 0.25) is 21.7 Å². The minimum atomic E-state index is -3.76. The van der Waals surface area contributed by atoms with E-state index in [1.807, 2.05) is 12.1 Å². The highest BCUT2D eigenvalue weighted by atomic mass is 32.2. The van der Waals surface area contributed by atoms with Crippen LogP contribution in [0.2, 0.25) is 0 Å². The SMILES string of the molecule is COc1cc(N2CCC(N3CCOCC3)CC2)ccc1Nc1ncnc(Nc2ccccc2S(=O)(=O)c2ccccc2)n1. The Labute approximate surface area is 251 Å². The van der Waals surface area contributed by atoms with E-state index in [2.05, 4.69) is 41.5 Å². The van der Waals surface area contributed by atoms with Gasteiger partial charge in [-0.25, -0.2) is 18.4 Å². The van der Waals surface area contributed by atoms with Gasteiger partial charge in [0.1, 0.15) is 12.1 Å². The van der Waals surface area contributed by atoms with Crippen molar-refractivity contribution in [3.05, 3.63) is 79.1 Å². The number of rotatable bonds is 9. The highest BCUT2D eigenvalue weighted by Crippen LogP contribution is 2.34. The van der Waals surface area contributed by atoms with E-state index in [1.165, 1.54) is 6.33 Å². The van der Waals surface area contributed by atoms with Crippen LogP contribution in [0.15, 0.2) is 88.9 Å². The first-order valence-corrected chi connectivity index (χ1v) is 15.9. The lowest BCUT2D eigenvalue weighted by molar-refractivity contribution is 0.0115. The van der Waals surface area contributed by atoms with E-state index in [4.69, 9.17) is 9.47 Å². The third kappa shape index (κ3) is 6.56. The molecule has 3 heterocycles. The van der Waals surface area contributed by atoms with E-state index in [9.17, 15) is 8.42 Å². The second-order valence-electron chi connectivity index (χ2n) is 10.4. The van der Waals surface area contributed by atoms with Crippen molar-refractivity contribution in [3.8, 4) is 5.75 Å². The van der Waals surface area contributed by atoms with Crippen LogP contribution in [0.25, 0.3) is 0 Å². The van der Waals surface area contributed by atoms with Gasteiger partial charge in [-0.15, -0.1) is 0 Å². The Balaban J connectivity index is 1.15. The number of nitrogens with zero attached hydrogens (tertiary/aromatic N) is 5. The first-order valence-electron chi connectivity index (χ1n) is 14.4. The van der Waals surface area contributed by atoms with Gasteiger partial charge < -0.3 is 25.0 Å². The summed E-state index contributed by atoms with van der Waals surface area (Å²) in [6.07, 6.45) is 3.61. The molecule has 6 rings (SSSR count). The molecule has 4 aromatic rings. The quantitative estimate of drug-likeness (QED) is 0.282. The third-order valence-electron chi connectivity index (χ3n) is 7.87. The lowest BCUT2D eigenvalue weighted by Crippen LogP contribution is -2.49. The average Bonchev–Trinajstić information content (AvgIpc) is 3.06. The lowest BCUT2D eigenvalue weighted by atomic mass is 10.0. The van der Waals surface area contributed by atoms with Crippen molar-refractivity contribution in [2.45, 2.75) is 28.7 Å². The summed E-state index contributed by atoms with van der Waals surface area (Å²) in [6.45, 7) is 5.67. The summed E-state index contributed by atoms with van der Waals surface area (Å²) in [5.74, 6) is 1.16. The normalized spacial score (nSPS) is 16.5. The molecule has 1 aromatic heterocycles. The summed E-state index contributed by atoms with van der Waals surface area (Å²) in [5.41, 5.74) is 2.18. The summed E-state index contributed by atoms with van der Waals surface area (Å²) in [6, 6.07) is 21.7. The Kier molecular flexibility index (Phi) is 8.68. The van der Waals surface area contributed by atoms with Crippen LogP contribution in [0.1, 0.15) is 12.8 Å². The number of para-hydroxylation sites is 1. The summed E-state index contributed by atoms with van der Waals surface area (Å²) >= 11 is 0. The maximum Gasteiger partial charge on any atom is 0.232 e. The molecule has 2 aliphatic heterocycles. The highest BCUT2D eigenvalue weighted by molar-refractivity contribution is 7.91. The Bertz CT molecular complexity index is 1640. The molecule has 0 unspecified atom stereocenters. The van der Waals surface area contributed by atoms with Crippen LogP contribution in [-0.2, 0) is 14.6 Å². The summed E-state index contributed by atoms with van der Waals surface area (Å²) in [7, 11) is -2.12. The number of sulfone groups is 1. The molecule has 12 heteroatoms. The van der Waals surface area contributed by atoms with Crippen molar-refractivity contribution in [2.24, 2.45) is 0 Å². The molecule has 0 radical (unpaired) electrons. The van der Waals surface area contributed by atoms with Gasteiger partial charge in [0.15, 0.2) is 0 Å². The second-order valence-corrected chi connectivity index (χ2v) is 12.4. The molecule has 0 spiro atoms. The molecule has 2 aliphatic rings. The van der Waals surface area contributed by atoms with Crippen LogP contribution in [0.4, 0.5) is 29.0 Å². The summed E-state index contributed by atoms with van der Waals surface area (Å²) in [5, 5.41) is 6.27. The zero-order valence-corrected chi connectivity index (χ0v) is 24.8. The molecule has 2 N–H and O–H groups in total. The van der Waals surface area contributed by atoms with E-state index >= 15 is 0 Å². The average molecular weight is 602 g/mol. The third-order valence-corrected chi connectivity index (χ3v) is 9.70. The number of ether oxygens (including phenoxy) is 2.